The van der Waals surface area contributed by atoms with Crippen molar-refractivity contribution in [2.45, 2.75) is 13.8 Å². The van der Waals surface area contributed by atoms with Gasteiger partial charge in [0.25, 0.3) is 11.5 Å². The molecule has 0 radical (unpaired) electrons. The van der Waals surface area contributed by atoms with Crippen LogP contribution in [0.3, 0.4) is 0 Å². The van der Waals surface area contributed by atoms with Crippen molar-refractivity contribution in [3.05, 3.63) is 68.5 Å². The van der Waals surface area contributed by atoms with Gasteiger partial charge in [-0.3, -0.25) is 14.4 Å². The molecule has 0 aliphatic rings. The number of carbonyl (C=O) groups is 2. The lowest BCUT2D eigenvalue weighted by atomic mass is 10.1. The van der Waals surface area contributed by atoms with Crippen molar-refractivity contribution >= 4 is 11.8 Å². The molecular weight excluding hydrogens is 260 g/mol. The fourth-order valence-electron chi connectivity index (χ4n) is 1.84. The Hall–Kier alpha value is -2.76. The fourth-order valence-corrected chi connectivity index (χ4v) is 1.84. The molecule has 20 heavy (non-hydrogen) atoms. The third-order valence-electron chi connectivity index (χ3n) is 2.90. The van der Waals surface area contributed by atoms with E-state index in [4.69, 9.17) is 0 Å². The molecular formula is C14H12N2O4. The summed E-state index contributed by atoms with van der Waals surface area (Å²) >= 11 is 0. The maximum Gasteiger partial charge on any atom is 0.345 e. The zero-order valence-corrected chi connectivity index (χ0v) is 11.0. The molecule has 102 valence electrons. The predicted molar refractivity (Wildman–Crippen MR) is 72.2 cm³/mol. The normalized spacial score (nSPS) is 10.3. The third-order valence-corrected chi connectivity index (χ3v) is 2.90. The number of hydrogen-bond donors (Lipinski definition) is 0. The van der Waals surface area contributed by atoms with E-state index in [-0.39, 0.29) is 5.56 Å². The zero-order valence-electron chi connectivity index (χ0n) is 11.0. The first-order valence-corrected chi connectivity index (χ1v) is 5.89. The van der Waals surface area contributed by atoms with E-state index in [0.29, 0.717) is 10.1 Å². The summed E-state index contributed by atoms with van der Waals surface area (Å²) in [4.78, 5) is 47.4. The highest BCUT2D eigenvalue weighted by molar-refractivity contribution is 5.97. The van der Waals surface area contributed by atoms with Gasteiger partial charge in [-0.2, -0.15) is 4.57 Å². The Morgan fingerprint density at radius 3 is 2.30 bits per heavy atom. The second-order valence-corrected chi connectivity index (χ2v) is 4.28. The van der Waals surface area contributed by atoms with E-state index in [9.17, 15) is 19.2 Å². The molecule has 0 saturated heterocycles. The lowest BCUT2D eigenvalue weighted by Gasteiger charge is -2.08. The first-order valence-electron chi connectivity index (χ1n) is 5.89. The molecule has 0 bridgehead atoms. The van der Waals surface area contributed by atoms with Gasteiger partial charge >= 0.3 is 5.69 Å². The Balaban J connectivity index is 2.71. The molecule has 1 heterocycles. The highest BCUT2D eigenvalue weighted by Crippen LogP contribution is 2.07. The summed E-state index contributed by atoms with van der Waals surface area (Å²) in [7, 11) is 0. The summed E-state index contributed by atoms with van der Waals surface area (Å²) < 4.78 is 1.18. The van der Waals surface area contributed by atoms with Crippen molar-refractivity contribution in [1.29, 1.82) is 0 Å². The Kier molecular flexibility index (Phi) is 3.47. The monoisotopic (exact) mass is 272 g/mol. The second kappa shape index (κ2) is 5.08. The molecule has 0 aliphatic carbocycles. The van der Waals surface area contributed by atoms with Gasteiger partial charge in [0.05, 0.1) is 0 Å². The first-order chi connectivity index (χ1) is 9.43. The Bertz CT molecular complexity index is 814. The molecule has 2 rings (SSSR count). The van der Waals surface area contributed by atoms with Gasteiger partial charge in [-0.25, -0.2) is 9.36 Å². The number of aryl methyl sites for hydroxylation is 1. The molecule has 0 N–H and O–H groups in total. The van der Waals surface area contributed by atoms with Crippen molar-refractivity contribution in [2.24, 2.45) is 0 Å². The van der Waals surface area contributed by atoms with Crippen LogP contribution < -0.4 is 11.2 Å². The summed E-state index contributed by atoms with van der Waals surface area (Å²) in [6.45, 7) is 2.87. The van der Waals surface area contributed by atoms with E-state index in [0.717, 1.165) is 16.8 Å². The van der Waals surface area contributed by atoms with Crippen LogP contribution in [-0.4, -0.2) is 20.9 Å². The summed E-state index contributed by atoms with van der Waals surface area (Å²) in [6, 6.07) is 7.61. The number of nitrogens with zero attached hydrogens (tertiary/aromatic N) is 2. The van der Waals surface area contributed by atoms with Gasteiger partial charge in [0.2, 0.25) is 5.91 Å². The highest BCUT2D eigenvalue weighted by atomic mass is 16.2. The number of benzene rings is 1. The maximum atomic E-state index is 12.3. The summed E-state index contributed by atoms with van der Waals surface area (Å²) in [5.41, 5.74) is -0.839. The zero-order chi connectivity index (χ0) is 14.9. The molecule has 1 aromatic carbocycles. The molecule has 0 atom stereocenters. The number of aromatic nitrogens is 2. The van der Waals surface area contributed by atoms with Crippen LogP contribution in [0.25, 0.3) is 0 Å². The molecule has 0 unspecified atom stereocenters. The minimum Gasteiger partial charge on any atom is -0.274 e. The minimum absolute atomic E-state index is 0.244. The summed E-state index contributed by atoms with van der Waals surface area (Å²) in [5.74, 6) is -1.31. The van der Waals surface area contributed by atoms with Crippen molar-refractivity contribution in [3.8, 4) is 0 Å². The minimum atomic E-state index is -0.960. The van der Waals surface area contributed by atoms with Gasteiger partial charge in [-0.15, -0.1) is 0 Å². The van der Waals surface area contributed by atoms with E-state index in [1.807, 2.05) is 0 Å². The average molecular weight is 272 g/mol. The van der Waals surface area contributed by atoms with Gasteiger partial charge in [-0.1, -0.05) is 18.2 Å². The van der Waals surface area contributed by atoms with Gasteiger partial charge in [-0.05, 0) is 18.6 Å². The lowest BCUT2D eigenvalue weighted by Crippen LogP contribution is -2.44. The fraction of sp³-hybridized carbons (Fsp3) is 0.143. The van der Waals surface area contributed by atoms with Crippen molar-refractivity contribution in [1.82, 2.24) is 9.13 Å². The molecule has 0 aliphatic heterocycles. The van der Waals surface area contributed by atoms with Crippen LogP contribution in [0.1, 0.15) is 27.6 Å². The molecule has 0 saturated carbocycles. The van der Waals surface area contributed by atoms with Crippen LogP contribution in [-0.2, 0) is 0 Å². The van der Waals surface area contributed by atoms with Crippen LogP contribution >= 0.6 is 0 Å². The van der Waals surface area contributed by atoms with E-state index >= 15 is 0 Å². The number of rotatable bonds is 1. The molecule has 0 spiro atoms. The van der Waals surface area contributed by atoms with Crippen LogP contribution in [0.2, 0.25) is 0 Å². The average Bonchev–Trinajstić information content (AvgIpc) is 2.38. The third kappa shape index (κ3) is 2.23. The van der Waals surface area contributed by atoms with Crippen LogP contribution in [0.5, 0.6) is 0 Å². The van der Waals surface area contributed by atoms with Gasteiger partial charge in [0.1, 0.15) is 0 Å². The van der Waals surface area contributed by atoms with E-state index in [1.165, 1.54) is 13.0 Å². The lowest BCUT2D eigenvalue weighted by molar-refractivity contribution is 0.0917. The largest absolute Gasteiger partial charge is 0.345 e. The number of hydrogen-bond acceptors (Lipinski definition) is 4. The molecule has 0 fully saturated rings. The standard InChI is InChI=1S/C14H12N2O4/c1-9-5-3-4-6-11(9)13(19)16-12(18)7-8-15(10(2)17)14(16)20/h3-8H,1-2H3. The molecule has 1 aromatic heterocycles. The van der Waals surface area contributed by atoms with Gasteiger partial charge in [0.15, 0.2) is 0 Å². The highest BCUT2D eigenvalue weighted by Gasteiger charge is 2.17. The first kappa shape index (κ1) is 13.7. The topological polar surface area (TPSA) is 78.1 Å². The van der Waals surface area contributed by atoms with Gasteiger partial charge < -0.3 is 0 Å². The molecule has 2 aromatic rings. The van der Waals surface area contributed by atoms with E-state index < -0.39 is 23.1 Å². The van der Waals surface area contributed by atoms with E-state index in [1.54, 1.807) is 25.1 Å². The van der Waals surface area contributed by atoms with Crippen molar-refractivity contribution < 1.29 is 9.59 Å². The summed E-state index contributed by atoms with van der Waals surface area (Å²) in [6.07, 6.45) is 1.06. The predicted octanol–water partition coefficient (Wildman–Crippen LogP) is 0.667. The van der Waals surface area contributed by atoms with Crippen molar-refractivity contribution in [3.63, 3.8) is 0 Å². The Morgan fingerprint density at radius 1 is 1.05 bits per heavy atom. The Labute approximate surface area is 113 Å². The molecule has 6 heteroatoms. The summed E-state index contributed by atoms with van der Waals surface area (Å²) in [5, 5.41) is 0. The maximum absolute atomic E-state index is 12.3. The van der Waals surface area contributed by atoms with Crippen LogP contribution in [0, 0.1) is 6.92 Å². The van der Waals surface area contributed by atoms with Crippen molar-refractivity contribution in [2.75, 3.05) is 0 Å². The quantitative estimate of drug-likeness (QED) is 0.764. The van der Waals surface area contributed by atoms with Gasteiger partial charge in [0, 0.05) is 24.8 Å². The molecule has 0 amide bonds. The molecule has 6 nitrogen and oxygen atoms in total. The Morgan fingerprint density at radius 2 is 1.70 bits per heavy atom. The van der Waals surface area contributed by atoms with Crippen LogP contribution in [0.15, 0.2) is 46.1 Å². The second-order valence-electron chi connectivity index (χ2n) is 4.28. The van der Waals surface area contributed by atoms with Crippen LogP contribution in [0.4, 0.5) is 0 Å². The van der Waals surface area contributed by atoms with E-state index in [2.05, 4.69) is 0 Å². The smallest absolute Gasteiger partial charge is 0.274 e. The SMILES string of the molecule is CC(=O)n1ccc(=O)n(C(=O)c2ccccc2C)c1=O. The number of carbonyl (C=O) groups excluding carboxylic acids is 2.